The highest BCUT2D eigenvalue weighted by Gasteiger charge is 2.51. The highest BCUT2D eigenvalue weighted by molar-refractivity contribution is 8.03. The topological polar surface area (TPSA) is 64.3 Å². The predicted octanol–water partition coefficient (Wildman–Crippen LogP) is 4.64. The van der Waals surface area contributed by atoms with E-state index in [-0.39, 0.29) is 24.0 Å². The molecular weight excluding hydrogens is 403 g/mol. The Bertz CT molecular complexity index is 983. The zero-order chi connectivity index (χ0) is 19.2. The van der Waals surface area contributed by atoms with Gasteiger partial charge in [-0.15, -0.1) is 11.8 Å². The monoisotopic (exact) mass is 416 g/mol. The molecule has 0 aromatic heterocycles. The number of amides is 1. The first-order valence-electron chi connectivity index (χ1n) is 8.28. The van der Waals surface area contributed by atoms with Crippen molar-refractivity contribution in [2.24, 2.45) is 0 Å². The molecule has 4 rings (SSSR count). The van der Waals surface area contributed by atoms with E-state index < -0.39 is 5.72 Å². The number of allylic oxidation sites excluding steroid dienone is 1. The SMILES string of the molecule is N#CC1=C2SCC(O)(c3ccc(Cl)cc3)N2C(=O)CC1c1ccc(Cl)cc1. The van der Waals surface area contributed by atoms with E-state index in [1.165, 1.54) is 16.7 Å². The number of benzene rings is 2. The van der Waals surface area contributed by atoms with Crippen molar-refractivity contribution in [3.63, 3.8) is 0 Å². The van der Waals surface area contributed by atoms with Crippen LogP contribution in [0, 0.1) is 11.3 Å². The van der Waals surface area contributed by atoms with Crippen LogP contribution in [-0.2, 0) is 10.5 Å². The summed E-state index contributed by atoms with van der Waals surface area (Å²) in [6.45, 7) is 0. The second-order valence-corrected chi connectivity index (χ2v) is 8.32. The number of carbonyl (C=O) groups is 1. The fourth-order valence-electron chi connectivity index (χ4n) is 3.54. The summed E-state index contributed by atoms with van der Waals surface area (Å²) in [6.07, 6.45) is 0.116. The van der Waals surface area contributed by atoms with Gasteiger partial charge in [0.15, 0.2) is 5.72 Å². The number of nitriles is 1. The molecule has 1 N–H and O–H groups in total. The van der Waals surface area contributed by atoms with Gasteiger partial charge in [-0.1, -0.05) is 47.5 Å². The Morgan fingerprint density at radius 2 is 1.70 bits per heavy atom. The van der Waals surface area contributed by atoms with E-state index in [0.717, 1.165) is 5.56 Å². The molecule has 4 nitrogen and oxygen atoms in total. The highest BCUT2D eigenvalue weighted by Crippen LogP contribution is 2.51. The number of carbonyl (C=O) groups excluding carboxylic acids is 1. The van der Waals surface area contributed by atoms with Gasteiger partial charge in [0, 0.05) is 27.9 Å². The van der Waals surface area contributed by atoms with Gasteiger partial charge in [0.05, 0.1) is 22.4 Å². The van der Waals surface area contributed by atoms with Gasteiger partial charge in [0.1, 0.15) is 0 Å². The van der Waals surface area contributed by atoms with Gasteiger partial charge in [-0.2, -0.15) is 5.26 Å². The Kier molecular flexibility index (Phi) is 4.69. The van der Waals surface area contributed by atoms with Gasteiger partial charge in [-0.25, -0.2) is 0 Å². The Labute approximate surface area is 171 Å². The quantitative estimate of drug-likeness (QED) is 0.774. The molecular formula is C20H14Cl2N2O2S. The number of rotatable bonds is 2. The first-order chi connectivity index (χ1) is 12.9. The first kappa shape index (κ1) is 18.4. The van der Waals surface area contributed by atoms with Crippen molar-refractivity contribution >= 4 is 40.9 Å². The molecule has 0 bridgehead atoms. The van der Waals surface area contributed by atoms with Crippen LogP contribution in [0.15, 0.2) is 59.1 Å². The normalized spacial score (nSPS) is 24.7. The summed E-state index contributed by atoms with van der Waals surface area (Å²) in [5.41, 5.74) is 0.435. The lowest BCUT2D eigenvalue weighted by Gasteiger charge is -2.38. The third kappa shape index (κ3) is 3.03. The molecule has 2 aromatic carbocycles. The molecule has 0 spiro atoms. The minimum absolute atomic E-state index is 0.116. The molecule has 2 aliphatic heterocycles. The molecule has 1 amide bonds. The second-order valence-electron chi connectivity index (χ2n) is 6.48. The van der Waals surface area contributed by atoms with Crippen LogP contribution in [0.5, 0.6) is 0 Å². The summed E-state index contributed by atoms with van der Waals surface area (Å²) in [6, 6.07) is 16.2. The maximum absolute atomic E-state index is 13.0. The molecule has 2 aromatic rings. The number of fused-ring (bicyclic) bond motifs is 1. The van der Waals surface area contributed by atoms with Crippen LogP contribution in [-0.4, -0.2) is 21.7 Å². The summed E-state index contributed by atoms with van der Waals surface area (Å²) in [5, 5.41) is 22.8. The Morgan fingerprint density at radius 3 is 2.30 bits per heavy atom. The van der Waals surface area contributed by atoms with Gasteiger partial charge in [0.2, 0.25) is 5.91 Å². The van der Waals surface area contributed by atoms with Crippen LogP contribution < -0.4 is 0 Å². The molecule has 2 heterocycles. The lowest BCUT2D eigenvalue weighted by molar-refractivity contribution is -0.149. The minimum atomic E-state index is -1.49. The van der Waals surface area contributed by atoms with Crippen LogP contribution in [0.2, 0.25) is 10.0 Å². The minimum Gasteiger partial charge on any atom is -0.366 e. The number of hydrogen-bond acceptors (Lipinski definition) is 4. The zero-order valence-corrected chi connectivity index (χ0v) is 16.4. The number of thioether (sulfide) groups is 1. The summed E-state index contributed by atoms with van der Waals surface area (Å²) >= 11 is 13.2. The van der Waals surface area contributed by atoms with Crippen LogP contribution >= 0.6 is 35.0 Å². The van der Waals surface area contributed by atoms with Gasteiger partial charge in [-0.05, 0) is 29.8 Å². The van der Waals surface area contributed by atoms with E-state index in [1.54, 1.807) is 36.4 Å². The van der Waals surface area contributed by atoms with Crippen LogP contribution in [0.1, 0.15) is 23.5 Å². The van der Waals surface area contributed by atoms with Crippen molar-refractivity contribution in [2.45, 2.75) is 18.1 Å². The molecule has 0 aliphatic carbocycles. The third-order valence-corrected chi connectivity index (χ3v) is 6.62. The van der Waals surface area contributed by atoms with E-state index in [2.05, 4.69) is 6.07 Å². The standard InChI is InChI=1S/C20H14Cl2N2O2S/c21-14-5-1-12(2-6-14)16-9-18(25)24-19(17(16)10-23)27-11-20(24,26)13-3-7-15(22)8-4-13/h1-8,16,26H,9,11H2. The van der Waals surface area contributed by atoms with Crippen LogP contribution in [0.3, 0.4) is 0 Å². The fourth-order valence-corrected chi connectivity index (χ4v) is 5.15. The van der Waals surface area contributed by atoms with E-state index >= 15 is 0 Å². The summed E-state index contributed by atoms with van der Waals surface area (Å²) in [7, 11) is 0. The van der Waals surface area contributed by atoms with Crippen molar-refractivity contribution < 1.29 is 9.90 Å². The van der Waals surface area contributed by atoms with E-state index in [9.17, 15) is 15.2 Å². The van der Waals surface area contributed by atoms with Crippen molar-refractivity contribution in [1.82, 2.24) is 4.90 Å². The molecule has 2 unspecified atom stereocenters. The van der Waals surface area contributed by atoms with Crippen molar-refractivity contribution in [3.8, 4) is 6.07 Å². The molecule has 27 heavy (non-hydrogen) atoms. The van der Waals surface area contributed by atoms with Crippen LogP contribution in [0.4, 0.5) is 0 Å². The van der Waals surface area contributed by atoms with Gasteiger partial charge < -0.3 is 5.11 Å². The zero-order valence-electron chi connectivity index (χ0n) is 14.0. The molecule has 136 valence electrons. The molecule has 2 atom stereocenters. The maximum Gasteiger partial charge on any atom is 0.231 e. The Morgan fingerprint density at radius 1 is 1.11 bits per heavy atom. The lowest BCUT2D eigenvalue weighted by atomic mass is 9.85. The largest absolute Gasteiger partial charge is 0.366 e. The maximum atomic E-state index is 13.0. The summed E-state index contributed by atoms with van der Waals surface area (Å²) < 4.78 is 0. The molecule has 1 saturated heterocycles. The fraction of sp³-hybridized carbons (Fsp3) is 0.200. The average molecular weight is 417 g/mol. The molecule has 2 aliphatic rings. The molecule has 1 fully saturated rings. The summed E-state index contributed by atoms with van der Waals surface area (Å²) in [5.74, 6) is -0.300. The first-order valence-corrected chi connectivity index (χ1v) is 10.0. The number of hydrogen-bond donors (Lipinski definition) is 1. The number of nitrogens with zero attached hydrogens (tertiary/aromatic N) is 2. The van der Waals surface area contributed by atoms with Crippen molar-refractivity contribution in [3.05, 3.63) is 80.3 Å². The molecule has 7 heteroatoms. The number of aliphatic hydroxyl groups is 1. The Hall–Kier alpha value is -1.97. The van der Waals surface area contributed by atoms with Gasteiger partial charge >= 0.3 is 0 Å². The lowest BCUT2D eigenvalue weighted by Crippen LogP contribution is -2.48. The van der Waals surface area contributed by atoms with E-state index in [1.807, 2.05) is 12.1 Å². The molecule has 0 saturated carbocycles. The van der Waals surface area contributed by atoms with E-state index in [4.69, 9.17) is 23.2 Å². The van der Waals surface area contributed by atoms with E-state index in [0.29, 0.717) is 26.2 Å². The second kappa shape index (κ2) is 6.88. The van der Waals surface area contributed by atoms with Gasteiger partial charge in [-0.3, -0.25) is 9.69 Å². The Balaban J connectivity index is 1.79. The predicted molar refractivity (Wildman–Crippen MR) is 106 cm³/mol. The average Bonchev–Trinajstić information content (AvgIpc) is 3.02. The van der Waals surface area contributed by atoms with Crippen molar-refractivity contribution in [2.75, 3.05) is 5.75 Å². The number of halogens is 2. The van der Waals surface area contributed by atoms with Crippen molar-refractivity contribution in [1.29, 1.82) is 5.26 Å². The third-order valence-electron chi connectivity index (χ3n) is 4.89. The van der Waals surface area contributed by atoms with Crippen LogP contribution in [0.25, 0.3) is 0 Å². The molecule has 0 radical (unpaired) electrons. The van der Waals surface area contributed by atoms with Gasteiger partial charge in [0.25, 0.3) is 0 Å². The summed E-state index contributed by atoms with van der Waals surface area (Å²) in [4.78, 5) is 14.4. The highest BCUT2D eigenvalue weighted by atomic mass is 35.5. The smallest absolute Gasteiger partial charge is 0.231 e.